The van der Waals surface area contributed by atoms with Crippen LogP contribution >= 0.6 is 0 Å². The molecule has 0 atom stereocenters. The van der Waals surface area contributed by atoms with Crippen molar-refractivity contribution in [2.75, 3.05) is 0 Å². The summed E-state index contributed by atoms with van der Waals surface area (Å²) in [6.45, 7) is 7.44. The van der Waals surface area contributed by atoms with Gasteiger partial charge in [-0.1, -0.05) is 121 Å². The number of nitrogens with zero attached hydrogens (tertiary/aromatic N) is 5. The van der Waals surface area contributed by atoms with E-state index < -0.39 is 0 Å². The number of benzene rings is 8. The minimum absolute atomic E-state index is 0.579. The summed E-state index contributed by atoms with van der Waals surface area (Å²) in [7, 11) is 0. The van der Waals surface area contributed by atoms with E-state index in [2.05, 4.69) is 83.7 Å². The predicted octanol–water partition coefficient (Wildman–Crippen LogP) is 13.5. The summed E-state index contributed by atoms with van der Waals surface area (Å²) in [6, 6.07) is 57.7. The van der Waals surface area contributed by atoms with Gasteiger partial charge in [-0.15, -0.1) is 0 Å². The second-order valence-corrected chi connectivity index (χ2v) is 14.1. The van der Waals surface area contributed by atoms with Crippen LogP contribution in [0, 0.1) is 6.57 Å². The lowest BCUT2D eigenvalue weighted by Crippen LogP contribution is -2.00. The fourth-order valence-electron chi connectivity index (χ4n) is 8.04. The van der Waals surface area contributed by atoms with Crippen molar-refractivity contribution in [1.82, 2.24) is 19.9 Å². The molecule has 8 aromatic carbocycles. The first-order valence-corrected chi connectivity index (χ1v) is 18.7. The molecule has 3 heterocycles. The van der Waals surface area contributed by atoms with Crippen LogP contribution in [0.5, 0.6) is 0 Å². The van der Waals surface area contributed by atoms with Crippen molar-refractivity contribution < 1.29 is 4.42 Å². The van der Waals surface area contributed by atoms with Gasteiger partial charge in [0.15, 0.2) is 23.2 Å². The monoisotopic (exact) mass is 727 g/mol. The van der Waals surface area contributed by atoms with Gasteiger partial charge in [0.1, 0.15) is 11.2 Å². The van der Waals surface area contributed by atoms with Gasteiger partial charge in [0.25, 0.3) is 0 Å². The number of hydrogen-bond acceptors (Lipinski definition) is 5. The van der Waals surface area contributed by atoms with E-state index in [1.54, 1.807) is 0 Å². The molecule has 0 spiro atoms. The summed E-state index contributed by atoms with van der Waals surface area (Å²) in [5.41, 5.74) is 10.1. The van der Waals surface area contributed by atoms with Crippen molar-refractivity contribution in [2.24, 2.45) is 0 Å². The van der Waals surface area contributed by atoms with Crippen LogP contribution in [-0.2, 0) is 0 Å². The first-order valence-electron chi connectivity index (χ1n) is 18.7. The van der Waals surface area contributed by atoms with Gasteiger partial charge < -0.3 is 4.42 Å². The van der Waals surface area contributed by atoms with Gasteiger partial charge in [-0.25, -0.2) is 19.8 Å². The van der Waals surface area contributed by atoms with Crippen LogP contribution in [0.25, 0.3) is 116 Å². The third-order valence-corrected chi connectivity index (χ3v) is 10.8. The van der Waals surface area contributed by atoms with Crippen molar-refractivity contribution in [3.63, 3.8) is 0 Å². The van der Waals surface area contributed by atoms with E-state index in [1.807, 2.05) is 97.2 Å². The van der Waals surface area contributed by atoms with Gasteiger partial charge in [0.05, 0.1) is 12.1 Å². The van der Waals surface area contributed by atoms with Crippen molar-refractivity contribution in [2.45, 2.75) is 0 Å². The molecule has 0 bridgehead atoms. The molecule has 0 aliphatic carbocycles. The van der Waals surface area contributed by atoms with Gasteiger partial charge in [-0.2, -0.15) is 0 Å². The first-order chi connectivity index (χ1) is 28.2. The smallest absolute Gasteiger partial charge is 0.187 e. The largest absolute Gasteiger partial charge is 0.456 e. The molecule has 57 heavy (non-hydrogen) atoms. The van der Waals surface area contributed by atoms with Crippen LogP contribution < -0.4 is 0 Å². The number of furan rings is 1. The lowest BCUT2D eigenvalue weighted by molar-refractivity contribution is 0.669. The molecule has 0 unspecified atom stereocenters. The third kappa shape index (κ3) is 5.49. The maximum absolute atomic E-state index is 7.44. The zero-order valence-electron chi connectivity index (χ0n) is 30.4. The Morgan fingerprint density at radius 2 is 0.982 bits per heavy atom. The van der Waals surface area contributed by atoms with Crippen molar-refractivity contribution >= 4 is 60.1 Å². The van der Waals surface area contributed by atoms with E-state index in [1.165, 1.54) is 0 Å². The molecule has 0 fully saturated rings. The number of rotatable bonds is 5. The molecule has 3 aromatic heterocycles. The number of pyridine rings is 1. The lowest BCUT2D eigenvalue weighted by Gasteiger charge is -2.16. The molecule has 0 aliphatic rings. The van der Waals surface area contributed by atoms with E-state index in [4.69, 9.17) is 30.9 Å². The molecule has 0 saturated heterocycles. The molecule has 6 nitrogen and oxygen atoms in total. The van der Waals surface area contributed by atoms with Crippen LogP contribution in [0.15, 0.2) is 180 Å². The van der Waals surface area contributed by atoms with Gasteiger partial charge >= 0.3 is 0 Å². The molecular weight excluding hydrogens is 699 g/mol. The topological polar surface area (TPSA) is 69.1 Å². The van der Waals surface area contributed by atoms with E-state index in [0.29, 0.717) is 23.2 Å². The Hall–Kier alpha value is -8.01. The molecular formula is C51H29N5O. The van der Waals surface area contributed by atoms with E-state index in [9.17, 15) is 0 Å². The molecule has 0 aliphatic heterocycles. The molecule has 0 radical (unpaired) electrons. The number of aromatic nitrogens is 4. The van der Waals surface area contributed by atoms with Crippen LogP contribution in [0.2, 0.25) is 0 Å². The average molecular weight is 728 g/mol. The average Bonchev–Trinajstić information content (AvgIpc) is 3.67. The second kappa shape index (κ2) is 13.1. The Morgan fingerprint density at radius 3 is 1.79 bits per heavy atom. The summed E-state index contributed by atoms with van der Waals surface area (Å²) in [5.74, 6) is 1.76. The Balaban J connectivity index is 1.10. The van der Waals surface area contributed by atoms with Crippen molar-refractivity contribution in [3.8, 4) is 56.4 Å². The normalized spacial score (nSPS) is 11.5. The van der Waals surface area contributed by atoms with E-state index in [-0.39, 0.29) is 0 Å². The van der Waals surface area contributed by atoms with Crippen molar-refractivity contribution in [3.05, 3.63) is 187 Å². The fourth-order valence-corrected chi connectivity index (χ4v) is 8.04. The highest BCUT2D eigenvalue weighted by Crippen LogP contribution is 2.42. The summed E-state index contributed by atoms with van der Waals surface area (Å²) >= 11 is 0. The minimum Gasteiger partial charge on any atom is -0.456 e. The molecule has 0 N–H and O–H groups in total. The maximum Gasteiger partial charge on any atom is 0.187 e. The lowest BCUT2D eigenvalue weighted by atomic mass is 9.89. The third-order valence-electron chi connectivity index (χ3n) is 10.8. The molecule has 6 heteroatoms. The molecule has 11 rings (SSSR count). The fraction of sp³-hybridized carbons (Fsp3) is 0. The van der Waals surface area contributed by atoms with Crippen LogP contribution in [-0.4, -0.2) is 19.9 Å². The highest BCUT2D eigenvalue weighted by molar-refractivity contribution is 6.23. The number of para-hydroxylation sites is 1. The van der Waals surface area contributed by atoms with Crippen molar-refractivity contribution in [1.29, 1.82) is 0 Å². The van der Waals surface area contributed by atoms with Gasteiger partial charge in [-0.3, -0.25) is 4.98 Å². The standard InChI is InChI=1S/C51H29N5O/c1-52-36-23-20-31(21-24-36)41-29-44-40-18-10-26-53-48(40)42(30-43(44)38-16-6-5-15-37(38)41)33-13-9-14-34(27-33)50-54-49(32-11-3-2-4-12-32)55-51(56-50)35-22-25-47-45(28-35)39-17-7-8-19-46(39)57-47/h2-30H. The quantitative estimate of drug-likeness (QED) is 0.130. The van der Waals surface area contributed by atoms with Gasteiger partial charge in [-0.05, 0) is 86.8 Å². The zero-order valence-corrected chi connectivity index (χ0v) is 30.4. The summed E-state index contributed by atoms with van der Waals surface area (Å²) < 4.78 is 6.13. The summed E-state index contributed by atoms with van der Waals surface area (Å²) in [4.78, 5) is 23.8. The SMILES string of the molecule is [C-]#[N+]c1ccc(-c2cc3c4cccnc4c(-c4cccc(-c5nc(-c6ccccc6)nc(-c6ccc7oc8ccccc8c7c6)n5)c4)cc3c3ccccc23)cc1. The van der Waals surface area contributed by atoms with E-state index >= 15 is 0 Å². The molecule has 264 valence electrons. The Kier molecular flexibility index (Phi) is 7.44. The summed E-state index contributed by atoms with van der Waals surface area (Å²) in [5, 5.41) is 7.70. The zero-order chi connectivity index (χ0) is 37.9. The van der Waals surface area contributed by atoms with Crippen LogP contribution in [0.3, 0.4) is 0 Å². The Labute approximate surface area is 327 Å². The number of fused-ring (bicyclic) bond motifs is 8. The molecule has 0 saturated carbocycles. The minimum atomic E-state index is 0.579. The highest BCUT2D eigenvalue weighted by atomic mass is 16.3. The Morgan fingerprint density at radius 1 is 0.386 bits per heavy atom. The highest BCUT2D eigenvalue weighted by Gasteiger charge is 2.18. The first kappa shape index (κ1) is 32.4. The van der Waals surface area contributed by atoms with Crippen LogP contribution in [0.1, 0.15) is 0 Å². The maximum atomic E-state index is 7.44. The molecule has 0 amide bonds. The second-order valence-electron chi connectivity index (χ2n) is 14.1. The summed E-state index contributed by atoms with van der Waals surface area (Å²) in [6.07, 6.45) is 1.86. The van der Waals surface area contributed by atoms with E-state index in [0.717, 1.165) is 93.3 Å². The Bertz CT molecular complexity index is 3420. The van der Waals surface area contributed by atoms with Crippen LogP contribution in [0.4, 0.5) is 5.69 Å². The molecule has 11 aromatic rings. The predicted molar refractivity (Wildman–Crippen MR) is 231 cm³/mol. The van der Waals surface area contributed by atoms with Gasteiger partial charge in [0.2, 0.25) is 0 Å². The van der Waals surface area contributed by atoms with Gasteiger partial charge in [0, 0.05) is 44.6 Å². The number of hydrogen-bond donors (Lipinski definition) is 0.